The Kier molecular flexibility index (Phi) is 5.74. The molecule has 2 unspecified atom stereocenters. The molecule has 0 bridgehead atoms. The van der Waals surface area contributed by atoms with Crippen LogP contribution in [0.1, 0.15) is 43.1 Å². The van der Waals surface area contributed by atoms with Crippen LogP contribution in [0.25, 0.3) is 0 Å². The number of pyridine rings is 1. The molecule has 2 heterocycles. The Morgan fingerprint density at radius 2 is 2.00 bits per heavy atom. The molecule has 1 N–H and O–H groups in total. The van der Waals surface area contributed by atoms with Gasteiger partial charge in [0.15, 0.2) is 0 Å². The molecule has 1 aliphatic heterocycles. The SMILES string of the molecule is Cc1cc(C)nc(CC(C(C)NC=O)N2CCCCC2)c1. The summed E-state index contributed by atoms with van der Waals surface area (Å²) >= 11 is 0. The number of carbonyl (C=O) groups excluding carboxylic acids is 1. The fraction of sp³-hybridized carbons (Fsp3) is 0.647. The molecule has 116 valence electrons. The summed E-state index contributed by atoms with van der Waals surface area (Å²) in [6, 6.07) is 4.73. The van der Waals surface area contributed by atoms with Crippen LogP contribution < -0.4 is 5.32 Å². The number of nitrogens with zero attached hydrogens (tertiary/aromatic N) is 2. The van der Waals surface area contributed by atoms with Gasteiger partial charge in [0.1, 0.15) is 0 Å². The zero-order valence-electron chi connectivity index (χ0n) is 13.4. The maximum absolute atomic E-state index is 10.8. The van der Waals surface area contributed by atoms with Gasteiger partial charge in [-0.05, 0) is 64.4 Å². The summed E-state index contributed by atoms with van der Waals surface area (Å²) in [5, 5.41) is 2.94. The van der Waals surface area contributed by atoms with Gasteiger partial charge in [-0.2, -0.15) is 0 Å². The van der Waals surface area contributed by atoms with Gasteiger partial charge in [-0.15, -0.1) is 0 Å². The number of nitrogens with one attached hydrogen (secondary N) is 1. The third-order valence-corrected chi connectivity index (χ3v) is 4.34. The number of hydrogen-bond donors (Lipinski definition) is 1. The second kappa shape index (κ2) is 7.55. The number of rotatable bonds is 6. The predicted octanol–water partition coefficient (Wildman–Crippen LogP) is 2.23. The highest BCUT2D eigenvalue weighted by atomic mass is 16.1. The van der Waals surface area contributed by atoms with Crippen molar-refractivity contribution in [2.45, 2.75) is 58.5 Å². The Labute approximate surface area is 127 Å². The third kappa shape index (κ3) is 4.53. The summed E-state index contributed by atoms with van der Waals surface area (Å²) in [7, 11) is 0. The van der Waals surface area contributed by atoms with Crippen LogP contribution in [0.3, 0.4) is 0 Å². The van der Waals surface area contributed by atoms with E-state index in [4.69, 9.17) is 0 Å². The average molecular weight is 289 g/mol. The monoisotopic (exact) mass is 289 g/mol. The summed E-state index contributed by atoms with van der Waals surface area (Å²) < 4.78 is 0. The normalized spacial score (nSPS) is 19.0. The molecule has 0 aliphatic carbocycles. The number of aromatic nitrogens is 1. The zero-order chi connectivity index (χ0) is 15.2. The molecule has 0 radical (unpaired) electrons. The topological polar surface area (TPSA) is 45.2 Å². The summed E-state index contributed by atoms with van der Waals surface area (Å²) in [5.41, 5.74) is 3.45. The van der Waals surface area contributed by atoms with Gasteiger partial charge in [0.2, 0.25) is 6.41 Å². The maximum atomic E-state index is 10.8. The van der Waals surface area contributed by atoms with Crippen molar-refractivity contribution in [3.63, 3.8) is 0 Å². The van der Waals surface area contributed by atoms with E-state index in [0.29, 0.717) is 6.04 Å². The van der Waals surface area contributed by atoms with Crippen LogP contribution in [0.4, 0.5) is 0 Å². The van der Waals surface area contributed by atoms with Gasteiger partial charge in [0, 0.05) is 29.9 Å². The highest BCUT2D eigenvalue weighted by Crippen LogP contribution is 2.18. The molecule has 4 heteroatoms. The second-order valence-electron chi connectivity index (χ2n) is 6.22. The lowest BCUT2D eigenvalue weighted by Crippen LogP contribution is -2.51. The minimum absolute atomic E-state index is 0.142. The van der Waals surface area contributed by atoms with Gasteiger partial charge in [-0.1, -0.05) is 6.42 Å². The minimum Gasteiger partial charge on any atom is -0.355 e. The predicted molar refractivity (Wildman–Crippen MR) is 85.3 cm³/mol. The van der Waals surface area contributed by atoms with E-state index in [1.54, 1.807) is 0 Å². The smallest absolute Gasteiger partial charge is 0.207 e. The number of piperidine rings is 1. The summed E-state index contributed by atoms with van der Waals surface area (Å²) in [5.74, 6) is 0. The number of hydrogen-bond acceptors (Lipinski definition) is 3. The first-order valence-corrected chi connectivity index (χ1v) is 7.98. The van der Waals surface area contributed by atoms with Gasteiger partial charge in [0.05, 0.1) is 0 Å². The van der Waals surface area contributed by atoms with Crippen LogP contribution in [-0.4, -0.2) is 41.5 Å². The molecule has 1 aliphatic rings. The van der Waals surface area contributed by atoms with Crippen LogP contribution in [0.5, 0.6) is 0 Å². The van der Waals surface area contributed by atoms with Crippen molar-refractivity contribution < 1.29 is 4.79 Å². The zero-order valence-corrected chi connectivity index (χ0v) is 13.4. The fourth-order valence-electron chi connectivity index (χ4n) is 3.33. The Morgan fingerprint density at radius 1 is 1.29 bits per heavy atom. The molecule has 21 heavy (non-hydrogen) atoms. The van der Waals surface area contributed by atoms with Crippen LogP contribution in [-0.2, 0) is 11.2 Å². The minimum atomic E-state index is 0.142. The molecule has 2 rings (SSSR count). The van der Waals surface area contributed by atoms with Crippen molar-refractivity contribution in [2.75, 3.05) is 13.1 Å². The molecule has 0 spiro atoms. The summed E-state index contributed by atoms with van der Waals surface area (Å²) in [4.78, 5) is 18.0. The lowest BCUT2D eigenvalue weighted by atomic mass is 9.98. The van der Waals surface area contributed by atoms with Gasteiger partial charge in [-0.3, -0.25) is 14.7 Å². The Balaban J connectivity index is 2.15. The molecule has 4 nitrogen and oxygen atoms in total. The molecule has 0 saturated carbocycles. The van der Waals surface area contributed by atoms with Crippen molar-refractivity contribution in [3.8, 4) is 0 Å². The highest BCUT2D eigenvalue weighted by molar-refractivity contribution is 5.46. The number of carbonyl (C=O) groups is 1. The van der Waals surface area contributed by atoms with Crippen LogP contribution in [0.15, 0.2) is 12.1 Å². The van der Waals surface area contributed by atoms with Crippen molar-refractivity contribution in [1.29, 1.82) is 0 Å². The number of likely N-dealkylation sites (tertiary alicyclic amines) is 1. The highest BCUT2D eigenvalue weighted by Gasteiger charge is 2.26. The van der Waals surface area contributed by atoms with Gasteiger partial charge >= 0.3 is 0 Å². The van der Waals surface area contributed by atoms with Crippen LogP contribution in [0, 0.1) is 13.8 Å². The number of amides is 1. The van der Waals surface area contributed by atoms with E-state index in [9.17, 15) is 4.79 Å². The molecule has 1 aromatic rings. The maximum Gasteiger partial charge on any atom is 0.207 e. The molecule has 1 aromatic heterocycles. The van der Waals surface area contributed by atoms with Crippen LogP contribution in [0.2, 0.25) is 0 Å². The lowest BCUT2D eigenvalue weighted by molar-refractivity contribution is -0.110. The van der Waals surface area contributed by atoms with E-state index >= 15 is 0 Å². The van der Waals surface area contributed by atoms with Crippen LogP contribution >= 0.6 is 0 Å². The molecule has 1 amide bonds. The van der Waals surface area contributed by atoms with E-state index in [0.717, 1.165) is 37.3 Å². The molecular weight excluding hydrogens is 262 g/mol. The standard InChI is InChI=1S/C17H27N3O/c1-13-9-14(2)19-16(10-13)11-17(15(3)18-12-21)20-7-5-4-6-8-20/h9-10,12,15,17H,4-8,11H2,1-3H3,(H,18,21). The molecule has 2 atom stereocenters. The summed E-state index contributed by atoms with van der Waals surface area (Å²) in [6.45, 7) is 8.50. The average Bonchev–Trinajstić information content (AvgIpc) is 2.45. The van der Waals surface area contributed by atoms with E-state index in [2.05, 4.69) is 41.2 Å². The van der Waals surface area contributed by atoms with Crippen molar-refractivity contribution in [2.24, 2.45) is 0 Å². The van der Waals surface area contributed by atoms with E-state index in [-0.39, 0.29) is 6.04 Å². The Hall–Kier alpha value is -1.42. The Bertz CT molecular complexity index is 449. The van der Waals surface area contributed by atoms with E-state index in [1.165, 1.54) is 24.8 Å². The van der Waals surface area contributed by atoms with Gasteiger partial charge in [-0.25, -0.2) is 0 Å². The molecule has 1 saturated heterocycles. The van der Waals surface area contributed by atoms with Crippen molar-refractivity contribution in [1.82, 2.24) is 15.2 Å². The summed E-state index contributed by atoms with van der Waals surface area (Å²) in [6.07, 6.45) is 5.54. The molecule has 0 aromatic carbocycles. The van der Waals surface area contributed by atoms with Crippen molar-refractivity contribution in [3.05, 3.63) is 29.1 Å². The van der Waals surface area contributed by atoms with E-state index in [1.807, 2.05) is 6.92 Å². The van der Waals surface area contributed by atoms with Gasteiger partial charge < -0.3 is 5.32 Å². The largest absolute Gasteiger partial charge is 0.355 e. The van der Waals surface area contributed by atoms with Crippen molar-refractivity contribution >= 4 is 6.41 Å². The molecular formula is C17H27N3O. The Morgan fingerprint density at radius 3 is 2.62 bits per heavy atom. The fourth-order valence-corrected chi connectivity index (χ4v) is 3.33. The second-order valence-corrected chi connectivity index (χ2v) is 6.22. The molecule has 1 fully saturated rings. The lowest BCUT2D eigenvalue weighted by Gasteiger charge is -2.37. The first kappa shape index (κ1) is 16.0. The quantitative estimate of drug-likeness (QED) is 0.817. The van der Waals surface area contributed by atoms with Gasteiger partial charge in [0.25, 0.3) is 0 Å². The number of aryl methyl sites for hydroxylation is 2. The first-order chi connectivity index (χ1) is 10.1. The first-order valence-electron chi connectivity index (χ1n) is 7.98. The van der Waals surface area contributed by atoms with E-state index < -0.39 is 0 Å². The third-order valence-electron chi connectivity index (χ3n) is 4.34.